The molecule has 2 N–H and O–H groups in total. The molecular weight excluding hydrogens is 457 g/mol. The largest absolute Gasteiger partial charge is 0.355 e. The van der Waals surface area contributed by atoms with Gasteiger partial charge >= 0.3 is 0 Å². The predicted molar refractivity (Wildman–Crippen MR) is 130 cm³/mol. The quantitative estimate of drug-likeness (QED) is 0.486. The van der Waals surface area contributed by atoms with E-state index < -0.39 is 0 Å². The van der Waals surface area contributed by atoms with Crippen LogP contribution >= 0.6 is 40.6 Å². The second-order valence-corrected chi connectivity index (χ2v) is 10.4. The van der Waals surface area contributed by atoms with Crippen molar-refractivity contribution in [3.8, 4) is 11.3 Å². The molecule has 2 fully saturated rings. The van der Waals surface area contributed by atoms with E-state index in [1.165, 1.54) is 32.1 Å². The Hall–Kier alpha value is -1.03. The summed E-state index contributed by atoms with van der Waals surface area (Å²) in [7, 11) is 3.56. The number of anilines is 1. The third-order valence-electron chi connectivity index (χ3n) is 6.72. The molecule has 1 aliphatic carbocycles. The Balaban J connectivity index is 1.38. The fourth-order valence-corrected chi connectivity index (χ4v) is 6.72. The number of rotatable bonds is 4. The van der Waals surface area contributed by atoms with Gasteiger partial charge in [-0.15, -0.1) is 0 Å². The SMILES string of the molecule is PPN[C@@H]1CCCC12CCN(c1cnc3c(-c4cccc(Cl)c4Cl)[nH]nc3n1)CC2. The molecule has 2 unspecified atom stereocenters. The van der Waals surface area contributed by atoms with Crippen molar-refractivity contribution < 1.29 is 0 Å². The Bertz CT molecular complexity index is 1070. The highest BCUT2D eigenvalue weighted by Gasteiger charge is 2.44. The van der Waals surface area contributed by atoms with Crippen LogP contribution in [0.4, 0.5) is 5.82 Å². The molecule has 1 aliphatic heterocycles. The number of aromatic amines is 1. The van der Waals surface area contributed by atoms with Gasteiger partial charge in [0.15, 0.2) is 0 Å². The van der Waals surface area contributed by atoms with Crippen molar-refractivity contribution in [3.05, 3.63) is 34.4 Å². The maximum absolute atomic E-state index is 6.39. The lowest BCUT2D eigenvalue weighted by Gasteiger charge is -2.43. The van der Waals surface area contributed by atoms with E-state index in [9.17, 15) is 0 Å². The van der Waals surface area contributed by atoms with Crippen molar-refractivity contribution in [2.45, 2.75) is 38.1 Å². The van der Waals surface area contributed by atoms with Gasteiger partial charge in [-0.05, 0) is 45.6 Å². The molecule has 0 radical (unpaired) electrons. The summed E-state index contributed by atoms with van der Waals surface area (Å²) in [6.45, 7) is 2.02. The van der Waals surface area contributed by atoms with Crippen molar-refractivity contribution >= 4 is 57.5 Å². The highest BCUT2D eigenvalue weighted by atomic mass is 35.5. The standard InChI is InChI=1S/C20H24Cl2N6P2/c21-13-4-1-3-12(16(13)22)17-18-19(26-25-17)24-15(11-23-18)28-9-7-20(8-10-28)6-2-5-14(20)27-30-29/h1,3-4,11,14,27,30H,2,5-10,29H2,(H,24,25,26)/t14-/m1/s1. The van der Waals surface area contributed by atoms with Crippen LogP contribution in [-0.4, -0.2) is 39.3 Å². The smallest absolute Gasteiger partial charge is 0.202 e. The van der Waals surface area contributed by atoms with Gasteiger partial charge in [0.25, 0.3) is 0 Å². The number of halogens is 2. The zero-order valence-corrected chi connectivity index (χ0v) is 20.1. The van der Waals surface area contributed by atoms with Gasteiger partial charge in [0.2, 0.25) is 5.65 Å². The van der Waals surface area contributed by atoms with Crippen LogP contribution in [0.5, 0.6) is 0 Å². The van der Waals surface area contributed by atoms with Crippen LogP contribution in [0.2, 0.25) is 10.0 Å². The molecule has 3 atom stereocenters. The fraction of sp³-hybridized carbons (Fsp3) is 0.450. The normalized spacial score (nSPS) is 21.4. The van der Waals surface area contributed by atoms with Gasteiger partial charge in [0, 0.05) is 24.7 Å². The molecule has 1 saturated heterocycles. The lowest BCUT2D eigenvalue weighted by Crippen LogP contribution is -2.47. The van der Waals surface area contributed by atoms with E-state index in [0.29, 0.717) is 32.7 Å². The molecule has 2 aromatic heterocycles. The monoisotopic (exact) mass is 480 g/mol. The summed E-state index contributed by atoms with van der Waals surface area (Å²) in [4.78, 5) is 11.8. The maximum Gasteiger partial charge on any atom is 0.202 e. The number of H-pyrrole nitrogens is 1. The predicted octanol–water partition coefficient (Wildman–Crippen LogP) is 5.44. The third kappa shape index (κ3) is 3.61. The number of fused-ring (bicyclic) bond motifs is 1. The van der Waals surface area contributed by atoms with Gasteiger partial charge in [-0.3, -0.25) is 10.2 Å². The Labute approximate surface area is 189 Å². The molecule has 30 heavy (non-hydrogen) atoms. The van der Waals surface area contributed by atoms with Crippen LogP contribution in [-0.2, 0) is 0 Å². The van der Waals surface area contributed by atoms with Crippen LogP contribution in [0.25, 0.3) is 22.4 Å². The number of nitrogens with one attached hydrogen (secondary N) is 2. The van der Waals surface area contributed by atoms with E-state index in [2.05, 4.69) is 34.1 Å². The summed E-state index contributed by atoms with van der Waals surface area (Å²) >= 11 is 12.6. The first-order valence-electron chi connectivity index (χ1n) is 10.2. The topological polar surface area (TPSA) is 69.7 Å². The molecule has 1 saturated carbocycles. The van der Waals surface area contributed by atoms with Crippen molar-refractivity contribution in [2.75, 3.05) is 18.0 Å². The molecule has 0 bridgehead atoms. The van der Waals surface area contributed by atoms with Gasteiger partial charge in [-0.2, -0.15) is 5.10 Å². The highest BCUT2D eigenvalue weighted by Crippen LogP contribution is 2.48. The average Bonchev–Trinajstić information content (AvgIpc) is 3.35. The van der Waals surface area contributed by atoms with Crippen molar-refractivity contribution in [1.29, 1.82) is 0 Å². The number of benzene rings is 1. The fourth-order valence-electron chi connectivity index (χ4n) is 5.07. The zero-order chi connectivity index (χ0) is 20.7. The Morgan fingerprint density at radius 2 is 2.07 bits per heavy atom. The first kappa shape index (κ1) is 20.8. The molecule has 2 aliphatic rings. The van der Waals surface area contributed by atoms with E-state index in [1.54, 1.807) is 6.07 Å². The molecule has 6 nitrogen and oxygen atoms in total. The number of piperidine rings is 1. The van der Waals surface area contributed by atoms with Crippen LogP contribution in [0.1, 0.15) is 32.1 Å². The molecule has 10 heteroatoms. The summed E-state index contributed by atoms with van der Waals surface area (Å²) < 4.78 is 0. The summed E-state index contributed by atoms with van der Waals surface area (Å²) in [5.74, 6) is 0.892. The third-order valence-corrected chi connectivity index (χ3v) is 8.55. The van der Waals surface area contributed by atoms with Crippen LogP contribution in [0.3, 0.4) is 0 Å². The summed E-state index contributed by atoms with van der Waals surface area (Å²) in [5, 5.41) is 12.1. The maximum atomic E-state index is 6.39. The van der Waals surface area contributed by atoms with Crippen molar-refractivity contribution in [1.82, 2.24) is 25.3 Å². The minimum absolute atomic E-state index is 0.445. The van der Waals surface area contributed by atoms with Gasteiger partial charge in [-0.25, -0.2) is 9.97 Å². The first-order chi connectivity index (χ1) is 14.6. The summed E-state index contributed by atoms with van der Waals surface area (Å²) in [5.41, 5.74) is 3.28. The Kier molecular flexibility index (Phi) is 5.90. The second kappa shape index (κ2) is 8.48. The molecule has 1 aromatic carbocycles. The second-order valence-electron chi connectivity index (χ2n) is 8.18. The molecule has 3 heterocycles. The van der Waals surface area contributed by atoms with Crippen molar-refractivity contribution in [2.24, 2.45) is 5.41 Å². The van der Waals surface area contributed by atoms with E-state index in [1.807, 2.05) is 18.3 Å². The van der Waals surface area contributed by atoms with Crippen LogP contribution in [0, 0.1) is 5.41 Å². The number of aromatic nitrogens is 4. The lowest BCUT2D eigenvalue weighted by atomic mass is 9.74. The van der Waals surface area contributed by atoms with Gasteiger partial charge in [0.05, 0.1) is 21.9 Å². The lowest BCUT2D eigenvalue weighted by molar-refractivity contribution is 0.189. The number of hydrogen-bond acceptors (Lipinski definition) is 5. The van der Waals surface area contributed by atoms with Gasteiger partial charge in [-0.1, -0.05) is 50.7 Å². The van der Waals surface area contributed by atoms with E-state index >= 15 is 0 Å². The molecule has 1 spiro atoms. The number of nitrogens with zero attached hydrogens (tertiary/aromatic N) is 4. The zero-order valence-electron chi connectivity index (χ0n) is 16.5. The van der Waals surface area contributed by atoms with E-state index in [4.69, 9.17) is 28.2 Å². The van der Waals surface area contributed by atoms with E-state index in [-0.39, 0.29) is 0 Å². The molecule has 0 amide bonds. The van der Waals surface area contributed by atoms with Crippen molar-refractivity contribution in [3.63, 3.8) is 0 Å². The highest BCUT2D eigenvalue weighted by molar-refractivity contribution is 8.01. The minimum Gasteiger partial charge on any atom is -0.355 e. The summed E-state index contributed by atoms with van der Waals surface area (Å²) in [6, 6.07) is 6.19. The van der Waals surface area contributed by atoms with Gasteiger partial charge in [0.1, 0.15) is 11.3 Å². The average molecular weight is 481 g/mol. The van der Waals surface area contributed by atoms with Crippen LogP contribution in [0.15, 0.2) is 24.4 Å². The Morgan fingerprint density at radius 1 is 1.23 bits per heavy atom. The number of hydrogen-bond donors (Lipinski definition) is 2. The van der Waals surface area contributed by atoms with Gasteiger partial charge < -0.3 is 4.90 Å². The summed E-state index contributed by atoms with van der Waals surface area (Å²) in [6.07, 6.45) is 8.22. The minimum atomic E-state index is 0.445. The molecule has 158 valence electrons. The molecular formula is C20H24Cl2N6P2. The Morgan fingerprint density at radius 3 is 2.87 bits per heavy atom. The first-order valence-corrected chi connectivity index (χ1v) is 13.8. The molecule has 3 aromatic rings. The van der Waals surface area contributed by atoms with E-state index in [0.717, 1.165) is 38.6 Å². The van der Waals surface area contributed by atoms with Crippen LogP contribution < -0.4 is 9.99 Å². The molecule has 5 rings (SSSR count).